The van der Waals surface area contributed by atoms with Crippen LogP contribution in [0.1, 0.15) is 0 Å². The Hall–Kier alpha value is -6.76. The minimum absolute atomic E-state index is 1.23. The second kappa shape index (κ2) is 11.4. The second-order valence-electron chi connectivity index (χ2n) is 14.1. The quantitative estimate of drug-likeness (QED) is 0.165. The van der Waals surface area contributed by atoms with Crippen LogP contribution >= 0.6 is 0 Å². The van der Waals surface area contributed by atoms with E-state index in [1.54, 1.807) is 0 Å². The van der Waals surface area contributed by atoms with Gasteiger partial charge >= 0.3 is 0 Å². The Morgan fingerprint density at radius 1 is 0.192 bits per heavy atom. The molecule has 0 aromatic heterocycles. The highest BCUT2D eigenvalue weighted by Gasteiger charge is 2.16. The van der Waals surface area contributed by atoms with E-state index in [4.69, 9.17) is 0 Å². The van der Waals surface area contributed by atoms with Crippen molar-refractivity contribution in [3.8, 4) is 44.5 Å². The fourth-order valence-electron chi connectivity index (χ4n) is 8.66. The maximum absolute atomic E-state index is 2.35. The molecule has 0 spiro atoms. The Bertz CT molecular complexity index is 3160. The lowest BCUT2D eigenvalue weighted by molar-refractivity contribution is 1.62. The summed E-state index contributed by atoms with van der Waals surface area (Å²) in [6, 6.07) is 71.9. The predicted octanol–water partition coefficient (Wildman–Crippen LogP) is 14.7. The van der Waals surface area contributed by atoms with Gasteiger partial charge in [-0.3, -0.25) is 0 Å². The molecule has 52 heavy (non-hydrogen) atoms. The van der Waals surface area contributed by atoms with Gasteiger partial charge in [-0.1, -0.05) is 176 Å². The second-order valence-corrected chi connectivity index (χ2v) is 14.1. The normalized spacial score (nSPS) is 11.8. The lowest BCUT2D eigenvalue weighted by atomic mass is 9.86. The van der Waals surface area contributed by atoms with E-state index >= 15 is 0 Å². The first-order valence-corrected chi connectivity index (χ1v) is 18.1. The summed E-state index contributed by atoms with van der Waals surface area (Å²) in [5.74, 6) is 0. The van der Waals surface area contributed by atoms with Crippen LogP contribution in [-0.2, 0) is 0 Å². The van der Waals surface area contributed by atoms with Crippen LogP contribution in [0.5, 0.6) is 0 Å². The summed E-state index contributed by atoms with van der Waals surface area (Å²) < 4.78 is 0. The van der Waals surface area contributed by atoms with E-state index < -0.39 is 0 Å². The van der Waals surface area contributed by atoms with E-state index in [-0.39, 0.29) is 0 Å². The minimum atomic E-state index is 1.23. The molecule has 0 aliphatic carbocycles. The Morgan fingerprint density at radius 3 is 1.42 bits per heavy atom. The molecule has 11 rings (SSSR count). The molecule has 11 aromatic rings. The highest BCUT2D eigenvalue weighted by molar-refractivity contribution is 6.27. The SMILES string of the molecule is c1cc(-c2ccc3ccccc3c2)cc(-c2ccc3ccc4c(-c5ccc(-c6cc7ccccc7c7ccccc67)cc5)ccc5ccc2c3c54)c1. The average Bonchev–Trinajstić information content (AvgIpc) is 3.22. The molecule has 0 heterocycles. The van der Waals surface area contributed by atoms with Crippen molar-refractivity contribution in [3.05, 3.63) is 194 Å². The lowest BCUT2D eigenvalue weighted by Crippen LogP contribution is -1.90. The number of hydrogen-bond donors (Lipinski definition) is 0. The van der Waals surface area contributed by atoms with Crippen molar-refractivity contribution in [2.75, 3.05) is 0 Å². The molecule has 0 nitrogen and oxygen atoms in total. The standard InChI is InChI=1S/C52H32/c1-2-9-38-30-40(21-16-33(38)8-1)39-11-7-12-41(31-39)45-27-23-37-24-28-48-44(26-22-36-25-29-49(45)52(37)51(36)48)34-17-19-35(20-18-34)50-32-42-10-3-4-13-43(42)46-14-5-6-15-47(46)50/h1-32H. The Balaban J connectivity index is 1.03. The van der Waals surface area contributed by atoms with Gasteiger partial charge in [0.15, 0.2) is 0 Å². The zero-order valence-electron chi connectivity index (χ0n) is 28.5. The molecular weight excluding hydrogens is 625 g/mol. The summed E-state index contributed by atoms with van der Waals surface area (Å²) in [7, 11) is 0. The zero-order chi connectivity index (χ0) is 34.2. The van der Waals surface area contributed by atoms with Gasteiger partial charge in [-0.15, -0.1) is 0 Å². The van der Waals surface area contributed by atoms with E-state index in [2.05, 4.69) is 194 Å². The molecule has 0 saturated carbocycles. The molecule has 0 unspecified atom stereocenters. The van der Waals surface area contributed by atoms with E-state index in [0.29, 0.717) is 0 Å². The maximum Gasteiger partial charge on any atom is -0.00203 e. The van der Waals surface area contributed by atoms with Gasteiger partial charge in [-0.2, -0.15) is 0 Å². The van der Waals surface area contributed by atoms with Gasteiger partial charge in [0, 0.05) is 0 Å². The largest absolute Gasteiger partial charge is 0.0616 e. The molecule has 0 heteroatoms. The van der Waals surface area contributed by atoms with Gasteiger partial charge < -0.3 is 0 Å². The Labute approximate surface area is 302 Å². The van der Waals surface area contributed by atoms with Crippen LogP contribution in [0.2, 0.25) is 0 Å². The summed E-state index contributed by atoms with van der Waals surface area (Å²) in [6.45, 7) is 0. The van der Waals surface area contributed by atoms with Crippen LogP contribution in [0.4, 0.5) is 0 Å². The van der Waals surface area contributed by atoms with E-state index in [1.165, 1.54) is 109 Å². The van der Waals surface area contributed by atoms with Crippen molar-refractivity contribution in [1.82, 2.24) is 0 Å². The van der Waals surface area contributed by atoms with E-state index in [1.807, 2.05) is 0 Å². The molecule has 0 aliphatic heterocycles. The smallest absolute Gasteiger partial charge is 0.00203 e. The van der Waals surface area contributed by atoms with Gasteiger partial charge in [0.1, 0.15) is 0 Å². The Morgan fingerprint density at radius 2 is 0.692 bits per heavy atom. The molecule has 0 radical (unpaired) electrons. The number of benzene rings is 11. The van der Waals surface area contributed by atoms with Crippen molar-refractivity contribution < 1.29 is 0 Å². The first kappa shape index (κ1) is 29.0. The first-order valence-electron chi connectivity index (χ1n) is 18.1. The predicted molar refractivity (Wildman–Crippen MR) is 224 cm³/mol. The number of hydrogen-bond acceptors (Lipinski definition) is 0. The molecular formula is C52H32. The summed E-state index contributed by atoms with van der Waals surface area (Å²) >= 11 is 0. The van der Waals surface area contributed by atoms with E-state index in [9.17, 15) is 0 Å². The van der Waals surface area contributed by atoms with Crippen molar-refractivity contribution in [2.24, 2.45) is 0 Å². The summed E-state index contributed by atoms with van der Waals surface area (Å²) in [5, 5.41) is 15.5. The fourth-order valence-corrected chi connectivity index (χ4v) is 8.66. The van der Waals surface area contributed by atoms with Crippen LogP contribution < -0.4 is 0 Å². The van der Waals surface area contributed by atoms with Crippen LogP contribution in [-0.4, -0.2) is 0 Å². The van der Waals surface area contributed by atoms with Crippen LogP contribution in [0.3, 0.4) is 0 Å². The molecule has 0 amide bonds. The van der Waals surface area contributed by atoms with Gasteiger partial charge in [-0.25, -0.2) is 0 Å². The van der Waals surface area contributed by atoms with Crippen molar-refractivity contribution in [3.63, 3.8) is 0 Å². The highest BCUT2D eigenvalue weighted by Crippen LogP contribution is 2.43. The fraction of sp³-hybridized carbons (Fsp3) is 0. The molecule has 0 saturated heterocycles. The number of fused-ring (bicyclic) bond motifs is 4. The average molecular weight is 657 g/mol. The van der Waals surface area contributed by atoms with E-state index in [0.717, 1.165) is 0 Å². The van der Waals surface area contributed by atoms with Crippen LogP contribution in [0, 0.1) is 0 Å². The van der Waals surface area contributed by atoms with Crippen LogP contribution in [0.15, 0.2) is 194 Å². The molecule has 11 aromatic carbocycles. The van der Waals surface area contributed by atoms with Crippen molar-refractivity contribution >= 4 is 64.6 Å². The van der Waals surface area contributed by atoms with Gasteiger partial charge in [-0.05, 0) is 127 Å². The lowest BCUT2D eigenvalue weighted by Gasteiger charge is -2.17. The van der Waals surface area contributed by atoms with Crippen LogP contribution in [0.25, 0.3) is 109 Å². The topological polar surface area (TPSA) is 0 Å². The number of rotatable bonds is 4. The molecule has 0 atom stereocenters. The molecule has 0 bridgehead atoms. The van der Waals surface area contributed by atoms with Gasteiger partial charge in [0.2, 0.25) is 0 Å². The van der Waals surface area contributed by atoms with Gasteiger partial charge in [0.05, 0.1) is 0 Å². The summed E-state index contributed by atoms with van der Waals surface area (Å²) in [5.41, 5.74) is 9.98. The maximum atomic E-state index is 2.35. The van der Waals surface area contributed by atoms with Gasteiger partial charge in [0.25, 0.3) is 0 Å². The Kier molecular flexibility index (Phi) is 6.35. The summed E-state index contributed by atoms with van der Waals surface area (Å²) in [4.78, 5) is 0. The minimum Gasteiger partial charge on any atom is -0.0616 e. The highest BCUT2D eigenvalue weighted by atomic mass is 14.2. The molecule has 0 aliphatic rings. The third kappa shape index (κ3) is 4.48. The van der Waals surface area contributed by atoms with Crippen molar-refractivity contribution in [1.29, 1.82) is 0 Å². The molecule has 0 fully saturated rings. The zero-order valence-corrected chi connectivity index (χ0v) is 28.5. The third-order valence-electron chi connectivity index (χ3n) is 11.2. The monoisotopic (exact) mass is 656 g/mol. The van der Waals surface area contributed by atoms with Crippen molar-refractivity contribution in [2.45, 2.75) is 0 Å². The third-order valence-corrected chi connectivity index (χ3v) is 11.2. The first-order chi connectivity index (χ1) is 25.8. The molecule has 240 valence electrons. The molecule has 0 N–H and O–H groups in total. The summed E-state index contributed by atoms with van der Waals surface area (Å²) in [6.07, 6.45) is 0.